The molecule has 1 amide bonds. The maximum Gasteiger partial charge on any atom is 0.337 e. The van der Waals surface area contributed by atoms with Gasteiger partial charge in [-0.3, -0.25) is 4.79 Å². The molecule has 0 bridgehead atoms. The van der Waals surface area contributed by atoms with Crippen molar-refractivity contribution < 1.29 is 24.2 Å². The Balaban J connectivity index is 1.63. The van der Waals surface area contributed by atoms with Crippen molar-refractivity contribution in [3.63, 3.8) is 0 Å². The summed E-state index contributed by atoms with van der Waals surface area (Å²) in [4.78, 5) is 24.6. The van der Waals surface area contributed by atoms with Crippen LogP contribution >= 0.6 is 23.2 Å². The topological polar surface area (TPSA) is 88.4 Å². The fourth-order valence-electron chi connectivity index (χ4n) is 3.64. The minimum atomic E-state index is -1.20. The Morgan fingerprint density at radius 3 is 2.50 bits per heavy atom. The molecular formula is C27H22Cl2N2O5. The van der Waals surface area contributed by atoms with E-state index in [2.05, 4.69) is 5.10 Å². The summed E-state index contributed by atoms with van der Waals surface area (Å²) in [6, 6.07) is 17.4. The first kappa shape index (κ1) is 25.3. The van der Waals surface area contributed by atoms with Crippen molar-refractivity contribution in [3.8, 4) is 11.5 Å². The highest BCUT2D eigenvalue weighted by Gasteiger charge is 2.30. The standard InChI is InChI=1S/C27H22Cl2N2O5/c1-3-35-24-13-18(12-23(29)25(24)36-15-17-7-5-4-6-8-17)11-20-16(2)30-31(26(20)32)19-9-10-22(28)21(14-19)27(33)34/h4-14H,3,15H2,1-2H3,(H,33,34)/b20-11-. The molecule has 9 heteroatoms. The minimum absolute atomic E-state index is 0.0713. The molecule has 36 heavy (non-hydrogen) atoms. The highest BCUT2D eigenvalue weighted by molar-refractivity contribution is 6.35. The number of aromatic carboxylic acids is 1. The lowest BCUT2D eigenvalue weighted by molar-refractivity contribution is -0.114. The molecule has 4 rings (SSSR count). The number of anilines is 1. The van der Waals surface area contributed by atoms with E-state index in [4.69, 9.17) is 32.7 Å². The molecule has 184 valence electrons. The van der Waals surface area contributed by atoms with E-state index in [0.29, 0.717) is 52.3 Å². The van der Waals surface area contributed by atoms with Crippen LogP contribution in [0.2, 0.25) is 10.0 Å². The minimum Gasteiger partial charge on any atom is -0.490 e. The van der Waals surface area contributed by atoms with Gasteiger partial charge in [-0.05, 0) is 61.4 Å². The van der Waals surface area contributed by atoms with E-state index in [0.717, 1.165) is 10.6 Å². The number of ether oxygens (including phenoxy) is 2. The number of halogens is 2. The summed E-state index contributed by atoms with van der Waals surface area (Å²) < 4.78 is 11.7. The molecule has 0 unspecified atom stereocenters. The zero-order valence-electron chi connectivity index (χ0n) is 19.5. The van der Waals surface area contributed by atoms with E-state index in [1.165, 1.54) is 18.2 Å². The lowest BCUT2D eigenvalue weighted by atomic mass is 10.1. The summed E-state index contributed by atoms with van der Waals surface area (Å²) in [7, 11) is 0. The van der Waals surface area contributed by atoms with Crippen molar-refractivity contribution in [1.29, 1.82) is 0 Å². The van der Waals surface area contributed by atoms with Crippen molar-refractivity contribution in [2.24, 2.45) is 5.10 Å². The van der Waals surface area contributed by atoms with Gasteiger partial charge in [0.15, 0.2) is 11.5 Å². The molecule has 7 nitrogen and oxygen atoms in total. The van der Waals surface area contributed by atoms with E-state index in [1.54, 1.807) is 25.1 Å². The van der Waals surface area contributed by atoms with Crippen LogP contribution in [0.4, 0.5) is 5.69 Å². The normalized spacial score (nSPS) is 14.2. The van der Waals surface area contributed by atoms with Crippen LogP contribution in [0.3, 0.4) is 0 Å². The van der Waals surface area contributed by atoms with Crippen LogP contribution in [-0.4, -0.2) is 29.3 Å². The Bertz CT molecular complexity index is 1390. The first-order valence-corrected chi connectivity index (χ1v) is 11.8. The third-order valence-corrected chi connectivity index (χ3v) is 5.97. The van der Waals surface area contributed by atoms with Crippen LogP contribution in [0, 0.1) is 0 Å². The second-order valence-electron chi connectivity index (χ2n) is 7.87. The maximum absolute atomic E-state index is 13.2. The van der Waals surface area contributed by atoms with Crippen molar-refractivity contribution in [3.05, 3.63) is 93.0 Å². The molecule has 0 spiro atoms. The molecule has 3 aromatic carbocycles. The molecule has 1 N–H and O–H groups in total. The summed E-state index contributed by atoms with van der Waals surface area (Å²) in [6.07, 6.45) is 1.66. The van der Waals surface area contributed by atoms with Crippen LogP contribution in [0.1, 0.15) is 35.3 Å². The maximum atomic E-state index is 13.2. The van der Waals surface area contributed by atoms with Gasteiger partial charge in [0.1, 0.15) is 6.61 Å². The molecular weight excluding hydrogens is 503 g/mol. The molecule has 1 aliphatic heterocycles. The van der Waals surface area contributed by atoms with Crippen LogP contribution in [0.25, 0.3) is 6.08 Å². The number of nitrogens with zero attached hydrogens (tertiary/aromatic N) is 2. The second kappa shape index (κ2) is 10.8. The number of hydrogen-bond acceptors (Lipinski definition) is 5. The zero-order chi connectivity index (χ0) is 25.8. The molecule has 1 heterocycles. The lowest BCUT2D eigenvalue weighted by Crippen LogP contribution is -2.21. The number of amides is 1. The number of hydrogen-bond donors (Lipinski definition) is 1. The van der Waals surface area contributed by atoms with Gasteiger partial charge in [0, 0.05) is 0 Å². The number of hydrazone groups is 1. The van der Waals surface area contributed by atoms with E-state index >= 15 is 0 Å². The van der Waals surface area contributed by atoms with Crippen molar-refractivity contribution >= 4 is 52.6 Å². The highest BCUT2D eigenvalue weighted by Crippen LogP contribution is 2.38. The first-order valence-electron chi connectivity index (χ1n) is 11.1. The third kappa shape index (κ3) is 5.37. The number of rotatable bonds is 8. The molecule has 0 aliphatic carbocycles. The van der Waals surface area contributed by atoms with Crippen LogP contribution in [0.5, 0.6) is 11.5 Å². The largest absolute Gasteiger partial charge is 0.490 e. The Morgan fingerprint density at radius 2 is 1.81 bits per heavy atom. The van der Waals surface area contributed by atoms with Crippen molar-refractivity contribution in [2.45, 2.75) is 20.5 Å². The van der Waals surface area contributed by atoms with Gasteiger partial charge in [-0.1, -0.05) is 53.5 Å². The van der Waals surface area contributed by atoms with E-state index in [1.807, 2.05) is 37.3 Å². The summed E-state index contributed by atoms with van der Waals surface area (Å²) in [5.41, 5.74) is 2.58. The zero-order valence-corrected chi connectivity index (χ0v) is 21.0. The SMILES string of the molecule is CCOc1cc(/C=C2\C(=O)N(c3ccc(Cl)c(C(=O)O)c3)N=C2C)cc(Cl)c1OCc1ccccc1. The van der Waals surface area contributed by atoms with Gasteiger partial charge in [-0.15, -0.1) is 0 Å². The van der Waals surface area contributed by atoms with Gasteiger partial charge < -0.3 is 14.6 Å². The van der Waals surface area contributed by atoms with E-state index < -0.39 is 11.9 Å². The molecule has 1 aliphatic rings. The number of carboxylic acids is 1. The van der Waals surface area contributed by atoms with Crippen molar-refractivity contribution in [1.82, 2.24) is 0 Å². The average Bonchev–Trinajstić information content (AvgIpc) is 3.13. The Kier molecular flexibility index (Phi) is 7.62. The van der Waals surface area contributed by atoms with Gasteiger partial charge in [0.05, 0.1) is 39.2 Å². The molecule has 0 fully saturated rings. The summed E-state index contributed by atoms with van der Waals surface area (Å²) in [5.74, 6) is -0.743. The van der Waals surface area contributed by atoms with Gasteiger partial charge in [-0.2, -0.15) is 10.1 Å². The Labute approximate surface area is 218 Å². The number of carboxylic acid groups (broad SMARTS) is 1. The van der Waals surface area contributed by atoms with Gasteiger partial charge >= 0.3 is 5.97 Å². The molecule has 0 saturated heterocycles. The van der Waals surface area contributed by atoms with Gasteiger partial charge in [-0.25, -0.2) is 4.79 Å². The molecule has 3 aromatic rings. The average molecular weight is 525 g/mol. The van der Waals surface area contributed by atoms with Crippen LogP contribution in [0.15, 0.2) is 71.3 Å². The Hall–Kier alpha value is -3.81. The van der Waals surface area contributed by atoms with Crippen molar-refractivity contribution in [2.75, 3.05) is 11.6 Å². The fraction of sp³-hybridized carbons (Fsp3) is 0.148. The summed E-state index contributed by atoms with van der Waals surface area (Å²) in [6.45, 7) is 4.26. The molecule has 0 atom stereocenters. The predicted molar refractivity (Wildman–Crippen MR) is 140 cm³/mol. The van der Waals surface area contributed by atoms with E-state index in [-0.39, 0.29) is 10.6 Å². The summed E-state index contributed by atoms with van der Waals surface area (Å²) >= 11 is 12.5. The predicted octanol–water partition coefficient (Wildman–Crippen LogP) is 6.48. The van der Waals surface area contributed by atoms with Crippen LogP contribution < -0.4 is 14.5 Å². The van der Waals surface area contributed by atoms with Crippen LogP contribution in [-0.2, 0) is 11.4 Å². The highest BCUT2D eigenvalue weighted by atomic mass is 35.5. The first-order chi connectivity index (χ1) is 17.3. The number of carbonyl (C=O) groups is 2. The Morgan fingerprint density at radius 1 is 1.06 bits per heavy atom. The molecule has 0 radical (unpaired) electrons. The fourth-order valence-corrected chi connectivity index (χ4v) is 4.11. The summed E-state index contributed by atoms with van der Waals surface area (Å²) in [5, 5.41) is 15.2. The van der Waals surface area contributed by atoms with E-state index in [9.17, 15) is 14.7 Å². The molecule has 0 aromatic heterocycles. The van der Waals surface area contributed by atoms with Gasteiger partial charge in [0.2, 0.25) is 0 Å². The second-order valence-corrected chi connectivity index (χ2v) is 8.68. The third-order valence-electron chi connectivity index (χ3n) is 5.36. The lowest BCUT2D eigenvalue weighted by Gasteiger charge is -2.15. The smallest absolute Gasteiger partial charge is 0.337 e. The number of benzene rings is 3. The van der Waals surface area contributed by atoms with Gasteiger partial charge in [0.25, 0.3) is 5.91 Å². The molecule has 0 saturated carbocycles. The quantitative estimate of drug-likeness (QED) is 0.341. The monoisotopic (exact) mass is 524 g/mol. The number of carbonyl (C=O) groups excluding carboxylic acids is 1.